The number of rotatable bonds is 12. The normalized spacial score (nSPS) is 10.9. The molecule has 0 aliphatic carbocycles. The molecule has 0 aromatic heterocycles. The van der Waals surface area contributed by atoms with E-state index in [0.717, 1.165) is 0 Å². The minimum Gasteiger partial charge on any atom is -0.466 e. The molecule has 0 heterocycles. The number of carbonyl (C=O) groups excluding carboxylic acids is 3. The smallest absolute Gasteiger partial charge is 0.306 e. The Labute approximate surface area is 151 Å². The average molecular weight is 358 g/mol. The van der Waals surface area contributed by atoms with Crippen LogP contribution in [0.5, 0.6) is 0 Å². The summed E-state index contributed by atoms with van der Waals surface area (Å²) in [6.45, 7) is 9.36. The predicted molar refractivity (Wildman–Crippen MR) is 96.0 cm³/mol. The highest BCUT2D eigenvalue weighted by molar-refractivity contribution is 5.96. The molecule has 0 aromatic rings. The largest absolute Gasteiger partial charge is 0.466 e. The SMILES string of the molecule is CC(C)CC(=O)OCCCOCCN(C)C(=O)CC(=O)N(C)C(C)C. The van der Waals surface area contributed by atoms with Crippen molar-refractivity contribution in [3.05, 3.63) is 0 Å². The van der Waals surface area contributed by atoms with Gasteiger partial charge in [-0.05, 0) is 19.8 Å². The van der Waals surface area contributed by atoms with Crippen molar-refractivity contribution in [3.63, 3.8) is 0 Å². The molecule has 0 radical (unpaired) electrons. The van der Waals surface area contributed by atoms with Crippen molar-refractivity contribution in [2.75, 3.05) is 40.5 Å². The zero-order valence-electron chi connectivity index (χ0n) is 16.5. The van der Waals surface area contributed by atoms with Crippen LogP contribution in [0.15, 0.2) is 0 Å². The highest BCUT2D eigenvalue weighted by Gasteiger charge is 2.18. The Morgan fingerprint density at radius 2 is 1.56 bits per heavy atom. The molecule has 0 spiro atoms. The Morgan fingerprint density at radius 3 is 2.12 bits per heavy atom. The summed E-state index contributed by atoms with van der Waals surface area (Å²) in [6.07, 6.45) is 0.925. The van der Waals surface area contributed by atoms with Gasteiger partial charge in [-0.2, -0.15) is 0 Å². The van der Waals surface area contributed by atoms with E-state index < -0.39 is 0 Å². The van der Waals surface area contributed by atoms with Crippen LogP contribution >= 0.6 is 0 Å². The summed E-state index contributed by atoms with van der Waals surface area (Å²) in [4.78, 5) is 38.2. The van der Waals surface area contributed by atoms with Gasteiger partial charge >= 0.3 is 5.97 Å². The standard InChI is InChI=1S/C18H34N2O5/c1-14(2)12-18(23)25-10-7-9-24-11-8-19(5)16(21)13-17(22)20(6)15(3)4/h14-15H,7-13H2,1-6H3. The minimum atomic E-state index is -0.219. The van der Waals surface area contributed by atoms with Crippen molar-refractivity contribution in [3.8, 4) is 0 Å². The van der Waals surface area contributed by atoms with Gasteiger partial charge in [-0.15, -0.1) is 0 Å². The topological polar surface area (TPSA) is 76.1 Å². The average Bonchev–Trinajstić information content (AvgIpc) is 2.51. The summed E-state index contributed by atoms with van der Waals surface area (Å²) >= 11 is 0. The first-order chi connectivity index (χ1) is 11.6. The van der Waals surface area contributed by atoms with E-state index in [1.165, 1.54) is 4.90 Å². The summed E-state index contributed by atoms with van der Waals surface area (Å²) in [5, 5.41) is 0. The molecule has 0 aliphatic heterocycles. The third kappa shape index (κ3) is 11.5. The van der Waals surface area contributed by atoms with Gasteiger partial charge in [0.05, 0.1) is 13.2 Å². The van der Waals surface area contributed by atoms with E-state index in [1.807, 2.05) is 27.7 Å². The van der Waals surface area contributed by atoms with E-state index in [2.05, 4.69) is 0 Å². The third-order valence-electron chi connectivity index (χ3n) is 3.74. The summed E-state index contributed by atoms with van der Waals surface area (Å²) < 4.78 is 10.5. The molecular formula is C18H34N2O5. The van der Waals surface area contributed by atoms with Crippen molar-refractivity contribution in [2.45, 2.75) is 53.0 Å². The number of likely N-dealkylation sites (N-methyl/N-ethyl adjacent to an activating group) is 1. The zero-order valence-corrected chi connectivity index (χ0v) is 16.5. The van der Waals surface area contributed by atoms with Gasteiger partial charge in [0.15, 0.2) is 0 Å². The van der Waals surface area contributed by atoms with Gasteiger partial charge in [0.2, 0.25) is 11.8 Å². The quantitative estimate of drug-likeness (QED) is 0.301. The Bertz CT molecular complexity index is 424. The lowest BCUT2D eigenvalue weighted by Gasteiger charge is -2.23. The number of ether oxygens (including phenoxy) is 2. The van der Waals surface area contributed by atoms with E-state index in [-0.39, 0.29) is 30.2 Å². The molecule has 7 nitrogen and oxygen atoms in total. The Hall–Kier alpha value is -1.63. The van der Waals surface area contributed by atoms with Gasteiger partial charge < -0.3 is 19.3 Å². The molecule has 0 rings (SSSR count). The van der Waals surface area contributed by atoms with Crippen LogP contribution < -0.4 is 0 Å². The van der Waals surface area contributed by atoms with Gasteiger partial charge in [0.1, 0.15) is 6.42 Å². The van der Waals surface area contributed by atoms with Gasteiger partial charge in [-0.3, -0.25) is 14.4 Å². The lowest BCUT2D eigenvalue weighted by molar-refractivity contribution is -0.145. The number of amides is 2. The van der Waals surface area contributed by atoms with Crippen molar-refractivity contribution < 1.29 is 23.9 Å². The molecule has 0 saturated heterocycles. The minimum absolute atomic E-state index is 0.0728. The lowest BCUT2D eigenvalue weighted by Crippen LogP contribution is -2.38. The molecule has 0 aromatic carbocycles. The van der Waals surface area contributed by atoms with Crippen molar-refractivity contribution in [1.29, 1.82) is 0 Å². The molecule has 146 valence electrons. The second-order valence-electron chi connectivity index (χ2n) is 6.87. The molecule has 0 fully saturated rings. The Balaban J connectivity index is 3.76. The Morgan fingerprint density at radius 1 is 0.920 bits per heavy atom. The van der Waals surface area contributed by atoms with E-state index in [9.17, 15) is 14.4 Å². The van der Waals surface area contributed by atoms with Gasteiger partial charge in [-0.25, -0.2) is 0 Å². The molecule has 7 heteroatoms. The maximum atomic E-state index is 12.0. The van der Waals surface area contributed by atoms with Crippen LogP contribution in [-0.2, 0) is 23.9 Å². The monoisotopic (exact) mass is 358 g/mol. The number of carbonyl (C=O) groups is 3. The maximum Gasteiger partial charge on any atom is 0.306 e. The van der Waals surface area contributed by atoms with Crippen LogP contribution in [-0.4, -0.2) is 74.1 Å². The molecule has 0 N–H and O–H groups in total. The van der Waals surface area contributed by atoms with E-state index in [0.29, 0.717) is 45.1 Å². The molecule has 0 aliphatic rings. The van der Waals surface area contributed by atoms with Crippen molar-refractivity contribution in [1.82, 2.24) is 9.80 Å². The second-order valence-corrected chi connectivity index (χ2v) is 6.87. The maximum absolute atomic E-state index is 12.0. The Kier molecular flexibility index (Phi) is 11.9. The highest BCUT2D eigenvalue weighted by Crippen LogP contribution is 2.02. The number of hydrogen-bond acceptors (Lipinski definition) is 5. The van der Waals surface area contributed by atoms with Crippen LogP contribution in [0.3, 0.4) is 0 Å². The van der Waals surface area contributed by atoms with Crippen LogP contribution in [0, 0.1) is 5.92 Å². The number of esters is 1. The van der Waals surface area contributed by atoms with E-state index >= 15 is 0 Å². The molecule has 0 unspecified atom stereocenters. The molecule has 2 amide bonds. The third-order valence-corrected chi connectivity index (χ3v) is 3.74. The van der Waals surface area contributed by atoms with Crippen LogP contribution in [0.4, 0.5) is 0 Å². The van der Waals surface area contributed by atoms with Gasteiger partial charge in [-0.1, -0.05) is 13.8 Å². The number of nitrogens with zero attached hydrogens (tertiary/aromatic N) is 2. The number of hydrogen-bond donors (Lipinski definition) is 0. The zero-order chi connectivity index (χ0) is 19.4. The van der Waals surface area contributed by atoms with E-state index in [1.54, 1.807) is 19.0 Å². The van der Waals surface area contributed by atoms with Crippen molar-refractivity contribution >= 4 is 17.8 Å². The fraction of sp³-hybridized carbons (Fsp3) is 0.833. The molecule has 0 bridgehead atoms. The summed E-state index contributed by atoms with van der Waals surface area (Å²) in [5.74, 6) is -0.292. The molecule has 0 saturated carbocycles. The fourth-order valence-corrected chi connectivity index (χ4v) is 1.84. The first-order valence-corrected chi connectivity index (χ1v) is 8.88. The summed E-state index contributed by atoms with van der Waals surface area (Å²) in [6, 6.07) is 0.0728. The molecular weight excluding hydrogens is 324 g/mol. The highest BCUT2D eigenvalue weighted by atomic mass is 16.5. The first-order valence-electron chi connectivity index (χ1n) is 8.88. The lowest BCUT2D eigenvalue weighted by atomic mass is 10.1. The van der Waals surface area contributed by atoms with E-state index in [4.69, 9.17) is 9.47 Å². The van der Waals surface area contributed by atoms with Crippen molar-refractivity contribution in [2.24, 2.45) is 5.92 Å². The fourth-order valence-electron chi connectivity index (χ4n) is 1.84. The predicted octanol–water partition coefficient (Wildman–Crippen LogP) is 1.70. The molecule has 0 atom stereocenters. The summed E-state index contributed by atoms with van der Waals surface area (Å²) in [5.41, 5.74) is 0. The van der Waals surface area contributed by atoms with Gasteiger partial charge in [0.25, 0.3) is 0 Å². The second kappa shape index (κ2) is 12.7. The summed E-state index contributed by atoms with van der Waals surface area (Å²) in [7, 11) is 3.35. The molecule has 25 heavy (non-hydrogen) atoms. The first kappa shape index (κ1) is 23.4. The van der Waals surface area contributed by atoms with Crippen LogP contribution in [0.1, 0.15) is 47.0 Å². The van der Waals surface area contributed by atoms with Crippen LogP contribution in [0.2, 0.25) is 0 Å². The van der Waals surface area contributed by atoms with Gasteiger partial charge in [0, 0.05) is 46.1 Å². The van der Waals surface area contributed by atoms with Crippen LogP contribution in [0.25, 0.3) is 0 Å².